The zero-order chi connectivity index (χ0) is 13.5. The molecule has 2 aliphatic rings. The largest absolute Gasteiger partial charge is 0.454 e. The summed E-state index contributed by atoms with van der Waals surface area (Å²) in [5, 5.41) is 9.11. The van der Waals surface area contributed by atoms with E-state index in [9.17, 15) is 0 Å². The number of aliphatic hydroxyl groups excluding tert-OH is 1. The Labute approximate surface area is 117 Å². The normalized spacial score (nSPS) is 17.6. The number of ether oxygens (including phenoxy) is 2. The van der Waals surface area contributed by atoms with Gasteiger partial charge in [-0.15, -0.1) is 0 Å². The minimum atomic E-state index is 0.203. The molecule has 20 heavy (non-hydrogen) atoms. The van der Waals surface area contributed by atoms with Crippen molar-refractivity contribution < 1.29 is 14.6 Å². The van der Waals surface area contributed by atoms with Crippen LogP contribution < -0.4 is 9.47 Å². The minimum Gasteiger partial charge on any atom is -0.454 e. The minimum absolute atomic E-state index is 0.203. The standard InChI is InChI=1S/C15H18N2O3/c18-6-2-5-17-12-8-14-13(19-9-20-14)7-11(12)16-15(17)10-3-1-4-10/h7-8,10,18H,1-6,9H2. The van der Waals surface area contributed by atoms with E-state index >= 15 is 0 Å². The number of benzene rings is 1. The topological polar surface area (TPSA) is 56.5 Å². The monoisotopic (exact) mass is 274 g/mol. The molecule has 1 aromatic heterocycles. The molecule has 1 aliphatic heterocycles. The Bertz CT molecular complexity index is 646. The second kappa shape index (κ2) is 4.66. The van der Waals surface area contributed by atoms with Gasteiger partial charge in [-0.1, -0.05) is 6.42 Å². The lowest BCUT2D eigenvalue weighted by molar-refractivity contribution is 0.174. The first-order valence-electron chi connectivity index (χ1n) is 7.27. The predicted octanol–water partition coefficient (Wildman–Crippen LogP) is 2.41. The molecule has 0 saturated heterocycles. The number of rotatable bonds is 4. The molecule has 5 nitrogen and oxygen atoms in total. The van der Waals surface area contributed by atoms with Crippen molar-refractivity contribution in [3.05, 3.63) is 18.0 Å². The molecule has 1 aliphatic carbocycles. The van der Waals surface area contributed by atoms with Crippen LogP contribution in [0.2, 0.25) is 0 Å². The Morgan fingerprint density at radius 1 is 1.25 bits per heavy atom. The van der Waals surface area contributed by atoms with E-state index in [1.807, 2.05) is 12.1 Å². The van der Waals surface area contributed by atoms with Crippen LogP contribution in [0.1, 0.15) is 37.4 Å². The summed E-state index contributed by atoms with van der Waals surface area (Å²) in [4.78, 5) is 4.81. The van der Waals surface area contributed by atoms with Crippen LogP contribution in [0.5, 0.6) is 11.5 Å². The Balaban J connectivity index is 1.83. The second-order valence-electron chi connectivity index (χ2n) is 5.52. The van der Waals surface area contributed by atoms with Crippen molar-refractivity contribution in [3.63, 3.8) is 0 Å². The number of hydrogen-bond acceptors (Lipinski definition) is 4. The van der Waals surface area contributed by atoms with Gasteiger partial charge in [-0.05, 0) is 19.3 Å². The SMILES string of the molecule is OCCCn1c(C2CCC2)nc2cc3c(cc21)OCO3. The zero-order valence-corrected chi connectivity index (χ0v) is 11.3. The molecule has 1 saturated carbocycles. The van der Waals surface area contributed by atoms with Crippen molar-refractivity contribution in [1.82, 2.24) is 9.55 Å². The van der Waals surface area contributed by atoms with Crippen LogP contribution >= 0.6 is 0 Å². The van der Waals surface area contributed by atoms with E-state index in [4.69, 9.17) is 19.6 Å². The third kappa shape index (κ3) is 1.77. The lowest BCUT2D eigenvalue weighted by Gasteiger charge is -2.25. The summed E-state index contributed by atoms with van der Waals surface area (Å²) in [5.74, 6) is 3.30. The van der Waals surface area contributed by atoms with Crippen LogP contribution in [0.25, 0.3) is 11.0 Å². The van der Waals surface area contributed by atoms with E-state index < -0.39 is 0 Å². The highest BCUT2D eigenvalue weighted by Crippen LogP contribution is 2.40. The molecule has 1 aromatic carbocycles. The summed E-state index contributed by atoms with van der Waals surface area (Å²) in [7, 11) is 0. The van der Waals surface area contributed by atoms with Crippen LogP contribution in [-0.4, -0.2) is 28.1 Å². The van der Waals surface area contributed by atoms with Gasteiger partial charge in [0.25, 0.3) is 0 Å². The average Bonchev–Trinajstić information content (AvgIpc) is 2.95. The van der Waals surface area contributed by atoms with Gasteiger partial charge >= 0.3 is 0 Å². The maximum atomic E-state index is 9.11. The van der Waals surface area contributed by atoms with E-state index in [1.54, 1.807) is 0 Å². The molecule has 4 rings (SSSR count). The number of nitrogens with zero attached hydrogens (tertiary/aromatic N) is 2. The molecule has 0 radical (unpaired) electrons. The van der Waals surface area contributed by atoms with Crippen LogP contribution in [0.4, 0.5) is 0 Å². The van der Waals surface area contributed by atoms with Crippen molar-refractivity contribution in [3.8, 4) is 11.5 Å². The van der Waals surface area contributed by atoms with Crippen molar-refractivity contribution >= 4 is 11.0 Å². The summed E-state index contributed by atoms with van der Waals surface area (Å²) in [5.41, 5.74) is 2.05. The van der Waals surface area contributed by atoms with Crippen LogP contribution in [0, 0.1) is 0 Å². The average molecular weight is 274 g/mol. The molecule has 0 amide bonds. The number of imidazole rings is 1. The van der Waals surface area contributed by atoms with Gasteiger partial charge < -0.3 is 19.1 Å². The van der Waals surface area contributed by atoms with E-state index in [2.05, 4.69) is 4.57 Å². The van der Waals surface area contributed by atoms with Crippen molar-refractivity contribution in [1.29, 1.82) is 0 Å². The zero-order valence-electron chi connectivity index (χ0n) is 11.3. The molecule has 2 heterocycles. The van der Waals surface area contributed by atoms with E-state index in [0.717, 1.165) is 41.3 Å². The second-order valence-corrected chi connectivity index (χ2v) is 5.52. The van der Waals surface area contributed by atoms with Crippen molar-refractivity contribution in [2.24, 2.45) is 0 Å². The molecule has 0 atom stereocenters. The lowest BCUT2D eigenvalue weighted by atomic mass is 9.85. The molecule has 106 valence electrons. The summed E-state index contributed by atoms with van der Waals surface area (Å²) in [6.07, 6.45) is 4.47. The van der Waals surface area contributed by atoms with Crippen LogP contribution in [0.3, 0.4) is 0 Å². The van der Waals surface area contributed by atoms with Gasteiger partial charge in [0.2, 0.25) is 6.79 Å². The quantitative estimate of drug-likeness (QED) is 0.930. The van der Waals surface area contributed by atoms with Gasteiger partial charge in [0.15, 0.2) is 11.5 Å². The smallest absolute Gasteiger partial charge is 0.231 e. The number of aliphatic hydroxyl groups is 1. The van der Waals surface area contributed by atoms with Gasteiger partial charge in [0.1, 0.15) is 5.82 Å². The van der Waals surface area contributed by atoms with E-state index in [-0.39, 0.29) is 13.4 Å². The Morgan fingerprint density at radius 3 is 2.75 bits per heavy atom. The maximum absolute atomic E-state index is 9.11. The lowest BCUT2D eigenvalue weighted by Crippen LogP contribution is -2.16. The molecule has 5 heteroatoms. The first-order chi connectivity index (χ1) is 9.86. The van der Waals surface area contributed by atoms with Gasteiger partial charge in [0.05, 0.1) is 11.0 Å². The van der Waals surface area contributed by atoms with Crippen LogP contribution in [-0.2, 0) is 6.54 Å². The van der Waals surface area contributed by atoms with Gasteiger partial charge in [-0.2, -0.15) is 0 Å². The highest BCUT2D eigenvalue weighted by atomic mass is 16.7. The van der Waals surface area contributed by atoms with Crippen LogP contribution in [0.15, 0.2) is 12.1 Å². The fraction of sp³-hybridized carbons (Fsp3) is 0.533. The highest BCUT2D eigenvalue weighted by Gasteiger charge is 2.27. The number of aromatic nitrogens is 2. The Kier molecular flexibility index (Phi) is 2.80. The first-order valence-corrected chi connectivity index (χ1v) is 7.27. The number of hydrogen-bond donors (Lipinski definition) is 1. The third-order valence-electron chi connectivity index (χ3n) is 4.28. The number of aryl methyl sites for hydroxylation is 1. The molecule has 0 unspecified atom stereocenters. The summed E-state index contributed by atoms with van der Waals surface area (Å²) < 4.78 is 13.1. The highest BCUT2D eigenvalue weighted by molar-refractivity contribution is 5.81. The van der Waals surface area contributed by atoms with Gasteiger partial charge in [-0.3, -0.25) is 0 Å². The third-order valence-corrected chi connectivity index (χ3v) is 4.28. The predicted molar refractivity (Wildman–Crippen MR) is 74.2 cm³/mol. The number of fused-ring (bicyclic) bond motifs is 2. The summed E-state index contributed by atoms with van der Waals surface area (Å²) in [6, 6.07) is 3.99. The van der Waals surface area contributed by atoms with Crippen molar-refractivity contribution in [2.45, 2.75) is 38.1 Å². The molecular weight excluding hydrogens is 256 g/mol. The van der Waals surface area contributed by atoms with Crippen molar-refractivity contribution in [2.75, 3.05) is 13.4 Å². The fourth-order valence-electron chi connectivity index (χ4n) is 2.98. The van der Waals surface area contributed by atoms with Gasteiger partial charge in [-0.25, -0.2) is 4.98 Å². The summed E-state index contributed by atoms with van der Waals surface area (Å²) in [6.45, 7) is 1.29. The Morgan fingerprint density at radius 2 is 2.05 bits per heavy atom. The first kappa shape index (κ1) is 12.0. The molecule has 0 spiro atoms. The molecule has 1 fully saturated rings. The summed E-state index contributed by atoms with van der Waals surface area (Å²) >= 11 is 0. The molecule has 0 bridgehead atoms. The molecule has 2 aromatic rings. The molecular formula is C15H18N2O3. The maximum Gasteiger partial charge on any atom is 0.231 e. The Hall–Kier alpha value is -1.75. The molecule has 1 N–H and O–H groups in total. The van der Waals surface area contributed by atoms with E-state index in [1.165, 1.54) is 19.3 Å². The fourth-order valence-corrected chi connectivity index (χ4v) is 2.98. The van der Waals surface area contributed by atoms with Gasteiger partial charge in [0, 0.05) is 31.2 Å². The van der Waals surface area contributed by atoms with E-state index in [0.29, 0.717) is 5.92 Å².